The number of ether oxygens (including phenoxy) is 1. The molecule has 5 rings (SSSR count). The highest BCUT2D eigenvalue weighted by molar-refractivity contribution is 6.33. The van der Waals surface area contributed by atoms with Gasteiger partial charge in [-0.3, -0.25) is 0 Å². The summed E-state index contributed by atoms with van der Waals surface area (Å²) < 4.78 is 22.9. The Hall–Kier alpha value is -3.46. The van der Waals surface area contributed by atoms with Crippen LogP contribution < -0.4 is 0 Å². The zero-order valence-electron chi connectivity index (χ0n) is 15.7. The van der Waals surface area contributed by atoms with Gasteiger partial charge in [-0.05, 0) is 41.5 Å². The van der Waals surface area contributed by atoms with Gasteiger partial charge < -0.3 is 4.74 Å². The molecule has 3 aromatic carbocycles. The van der Waals surface area contributed by atoms with Crippen LogP contribution in [-0.4, -0.2) is 16.4 Å². The number of halogens is 2. The van der Waals surface area contributed by atoms with Crippen LogP contribution in [0.3, 0.4) is 0 Å². The molecule has 1 aliphatic heterocycles. The van der Waals surface area contributed by atoms with E-state index in [4.69, 9.17) is 16.3 Å². The maximum atomic E-state index is 15.6. The molecule has 1 atom stereocenters. The van der Waals surface area contributed by atoms with Crippen LogP contribution in [0.15, 0.2) is 79.1 Å². The van der Waals surface area contributed by atoms with Crippen molar-refractivity contribution in [3.63, 3.8) is 0 Å². The molecule has 0 bridgehead atoms. The van der Waals surface area contributed by atoms with Crippen molar-refractivity contribution in [1.82, 2.24) is 9.78 Å². The van der Waals surface area contributed by atoms with E-state index in [0.29, 0.717) is 17.2 Å². The minimum atomic E-state index is -0.580. The van der Waals surface area contributed by atoms with Gasteiger partial charge in [0.1, 0.15) is 11.3 Å². The molecule has 6 heteroatoms. The summed E-state index contributed by atoms with van der Waals surface area (Å²) in [7, 11) is 0. The molecule has 0 amide bonds. The van der Waals surface area contributed by atoms with Crippen LogP contribution in [0.5, 0.6) is 0 Å². The van der Waals surface area contributed by atoms with Crippen molar-refractivity contribution in [2.45, 2.75) is 5.60 Å². The molecule has 0 aliphatic carbocycles. The molecular weight excluding hydrogens is 401 g/mol. The third kappa shape index (κ3) is 2.89. The summed E-state index contributed by atoms with van der Waals surface area (Å²) in [4.78, 5) is 0. The van der Waals surface area contributed by atoms with Crippen molar-refractivity contribution in [3.8, 4) is 22.9 Å². The van der Waals surface area contributed by atoms with Crippen molar-refractivity contribution in [3.05, 3.63) is 107 Å². The second-order valence-corrected chi connectivity index (χ2v) is 7.47. The summed E-state index contributed by atoms with van der Waals surface area (Å²) in [5, 5.41) is 14.1. The SMILES string of the molecule is N#Cc1ccc(-n2cccn2)c(F)c1-c1cc(C2(c3ccccc3)CO2)ccc1Cl. The number of aromatic nitrogens is 2. The van der Waals surface area contributed by atoms with Gasteiger partial charge in [-0.2, -0.15) is 10.4 Å². The quantitative estimate of drug-likeness (QED) is 0.415. The third-order valence-corrected chi connectivity index (χ3v) is 5.70. The predicted octanol–water partition coefficient (Wildman–Crippen LogP) is 5.48. The number of epoxide rings is 1. The Kier molecular flexibility index (Phi) is 4.39. The highest BCUT2D eigenvalue weighted by Crippen LogP contribution is 2.47. The lowest BCUT2D eigenvalue weighted by Gasteiger charge is -2.17. The Morgan fingerprint density at radius 3 is 2.53 bits per heavy atom. The highest BCUT2D eigenvalue weighted by atomic mass is 35.5. The second kappa shape index (κ2) is 7.10. The maximum Gasteiger partial charge on any atom is 0.158 e. The number of hydrogen-bond acceptors (Lipinski definition) is 3. The minimum absolute atomic E-state index is 0.154. The van der Waals surface area contributed by atoms with Crippen LogP contribution in [0.2, 0.25) is 5.02 Å². The van der Waals surface area contributed by atoms with E-state index in [2.05, 4.69) is 11.2 Å². The normalized spacial score (nSPS) is 17.5. The summed E-state index contributed by atoms with van der Waals surface area (Å²) in [6.45, 7) is 0.527. The maximum absolute atomic E-state index is 15.6. The monoisotopic (exact) mass is 415 g/mol. The van der Waals surface area contributed by atoms with Gasteiger partial charge >= 0.3 is 0 Å². The summed E-state index contributed by atoms with van der Waals surface area (Å²) in [6, 6.07) is 22.2. The molecule has 0 spiro atoms. The first-order valence-electron chi connectivity index (χ1n) is 9.36. The molecule has 4 aromatic rings. The Balaban J connectivity index is 1.70. The fraction of sp³-hybridized carbons (Fsp3) is 0.0833. The molecule has 0 saturated carbocycles. The summed E-state index contributed by atoms with van der Waals surface area (Å²) in [6.07, 6.45) is 3.22. The van der Waals surface area contributed by atoms with Crippen molar-refractivity contribution < 1.29 is 9.13 Å². The van der Waals surface area contributed by atoms with E-state index in [1.807, 2.05) is 42.5 Å². The van der Waals surface area contributed by atoms with Crippen LogP contribution in [0.1, 0.15) is 16.7 Å². The number of nitriles is 1. The molecule has 2 heterocycles. The summed E-state index contributed by atoms with van der Waals surface area (Å²) >= 11 is 6.49. The Labute approximate surface area is 177 Å². The molecule has 30 heavy (non-hydrogen) atoms. The Bertz CT molecular complexity index is 1280. The van der Waals surface area contributed by atoms with E-state index in [9.17, 15) is 5.26 Å². The topological polar surface area (TPSA) is 54.1 Å². The van der Waals surface area contributed by atoms with Crippen LogP contribution >= 0.6 is 11.6 Å². The van der Waals surface area contributed by atoms with Crippen molar-refractivity contribution in [2.75, 3.05) is 6.61 Å². The van der Waals surface area contributed by atoms with Gasteiger partial charge in [-0.25, -0.2) is 9.07 Å². The summed E-state index contributed by atoms with van der Waals surface area (Å²) in [5.74, 6) is -0.553. The lowest BCUT2D eigenvalue weighted by molar-refractivity contribution is 0.349. The molecule has 1 unspecified atom stereocenters. The molecule has 146 valence electrons. The third-order valence-electron chi connectivity index (χ3n) is 5.37. The van der Waals surface area contributed by atoms with Crippen LogP contribution in [0.25, 0.3) is 16.8 Å². The van der Waals surface area contributed by atoms with Crippen molar-refractivity contribution in [1.29, 1.82) is 5.26 Å². The molecule has 1 aromatic heterocycles. The van der Waals surface area contributed by atoms with Crippen molar-refractivity contribution in [2.24, 2.45) is 0 Å². The predicted molar refractivity (Wildman–Crippen MR) is 112 cm³/mol. The van der Waals surface area contributed by atoms with Gasteiger partial charge in [0.2, 0.25) is 0 Å². The average Bonchev–Trinajstić information content (AvgIpc) is 3.41. The molecule has 0 N–H and O–H groups in total. The molecule has 4 nitrogen and oxygen atoms in total. The van der Waals surface area contributed by atoms with Crippen LogP contribution in [0, 0.1) is 17.1 Å². The summed E-state index contributed by atoms with van der Waals surface area (Å²) in [5.41, 5.74) is 2.35. The first-order chi connectivity index (χ1) is 14.6. The molecule has 1 aliphatic rings. The van der Waals surface area contributed by atoms with Gasteiger partial charge in [0.25, 0.3) is 0 Å². The molecule has 0 radical (unpaired) electrons. The van der Waals surface area contributed by atoms with E-state index in [1.54, 1.807) is 30.6 Å². The largest absolute Gasteiger partial charge is 0.359 e. The number of hydrogen-bond donors (Lipinski definition) is 0. The van der Waals surface area contributed by atoms with E-state index in [0.717, 1.165) is 11.1 Å². The van der Waals surface area contributed by atoms with E-state index in [1.165, 1.54) is 10.7 Å². The van der Waals surface area contributed by atoms with Crippen LogP contribution in [-0.2, 0) is 10.3 Å². The zero-order chi connectivity index (χ0) is 20.7. The van der Waals surface area contributed by atoms with E-state index < -0.39 is 11.4 Å². The number of benzene rings is 3. The lowest BCUT2D eigenvalue weighted by atomic mass is 9.88. The fourth-order valence-corrected chi connectivity index (χ4v) is 3.97. The average molecular weight is 416 g/mol. The Morgan fingerprint density at radius 1 is 1.07 bits per heavy atom. The van der Waals surface area contributed by atoms with Gasteiger partial charge in [-0.15, -0.1) is 0 Å². The smallest absolute Gasteiger partial charge is 0.158 e. The highest BCUT2D eigenvalue weighted by Gasteiger charge is 2.48. The van der Waals surface area contributed by atoms with Gasteiger partial charge in [0, 0.05) is 28.5 Å². The minimum Gasteiger partial charge on any atom is -0.359 e. The Morgan fingerprint density at radius 2 is 1.87 bits per heavy atom. The molecular formula is C24H15ClFN3O. The lowest BCUT2D eigenvalue weighted by Crippen LogP contribution is -2.11. The fourth-order valence-electron chi connectivity index (χ4n) is 3.76. The standard InChI is InChI=1S/C24H15ClFN3O/c25-20-9-8-18(24(15-30-24)17-5-2-1-3-6-17)13-19(20)22-16(14-27)7-10-21(23(22)26)29-12-4-11-28-29/h1-13H,15H2. The van der Waals surface area contributed by atoms with Crippen LogP contribution in [0.4, 0.5) is 4.39 Å². The number of rotatable bonds is 4. The molecule has 1 fully saturated rings. The van der Waals surface area contributed by atoms with E-state index >= 15 is 4.39 Å². The van der Waals surface area contributed by atoms with Gasteiger partial charge in [0.05, 0.1) is 18.2 Å². The first-order valence-corrected chi connectivity index (χ1v) is 9.74. The first kappa shape index (κ1) is 18.6. The molecule has 1 saturated heterocycles. The van der Waals surface area contributed by atoms with Gasteiger partial charge in [0.15, 0.2) is 5.82 Å². The van der Waals surface area contributed by atoms with Crippen molar-refractivity contribution >= 4 is 11.6 Å². The van der Waals surface area contributed by atoms with E-state index in [-0.39, 0.29) is 16.8 Å². The van der Waals surface area contributed by atoms with Gasteiger partial charge in [-0.1, -0.05) is 48.0 Å². The zero-order valence-corrected chi connectivity index (χ0v) is 16.5. The second-order valence-electron chi connectivity index (χ2n) is 7.06. The number of nitrogens with zero attached hydrogens (tertiary/aromatic N) is 3.